The van der Waals surface area contributed by atoms with Gasteiger partial charge in [-0.25, -0.2) is 0 Å². The van der Waals surface area contributed by atoms with Crippen LogP contribution in [0.1, 0.15) is 75.6 Å². The van der Waals surface area contributed by atoms with E-state index in [2.05, 4.69) is 29.6 Å². The lowest BCUT2D eigenvalue weighted by Crippen LogP contribution is -2.40. The van der Waals surface area contributed by atoms with Crippen molar-refractivity contribution in [3.05, 3.63) is 106 Å². The van der Waals surface area contributed by atoms with Gasteiger partial charge in [0.2, 0.25) is 5.91 Å². The maximum Gasteiger partial charge on any atom is 0.254 e. The number of nitrogens with one attached hydrogen (secondary N) is 1. The van der Waals surface area contributed by atoms with Crippen molar-refractivity contribution >= 4 is 11.8 Å². The van der Waals surface area contributed by atoms with Crippen LogP contribution in [0, 0.1) is 0 Å². The zero-order valence-electron chi connectivity index (χ0n) is 23.1. The van der Waals surface area contributed by atoms with Gasteiger partial charge in [0.15, 0.2) is 0 Å². The minimum Gasteiger partial charge on any atom is -0.391 e. The summed E-state index contributed by atoms with van der Waals surface area (Å²) in [6.45, 7) is 5.69. The van der Waals surface area contributed by atoms with Gasteiger partial charge in [0.1, 0.15) is 0 Å². The molecule has 1 aliphatic rings. The van der Waals surface area contributed by atoms with Gasteiger partial charge in [-0.2, -0.15) is 0 Å². The van der Waals surface area contributed by atoms with E-state index in [1.165, 1.54) is 11.1 Å². The van der Waals surface area contributed by atoms with Crippen LogP contribution in [0.2, 0.25) is 0 Å². The maximum atomic E-state index is 13.9. The van der Waals surface area contributed by atoms with Crippen molar-refractivity contribution in [3.63, 3.8) is 0 Å². The van der Waals surface area contributed by atoms with Gasteiger partial charge in [-0.3, -0.25) is 9.59 Å². The van der Waals surface area contributed by atoms with Crippen LogP contribution in [0.4, 0.5) is 0 Å². The first-order chi connectivity index (χ1) is 18.9. The van der Waals surface area contributed by atoms with Gasteiger partial charge in [0.05, 0.1) is 6.10 Å². The number of aliphatic hydroxyl groups is 1. The number of nitrogens with two attached hydrogens (primary N) is 1. The van der Waals surface area contributed by atoms with E-state index in [0.717, 1.165) is 31.2 Å². The fourth-order valence-corrected chi connectivity index (χ4v) is 5.82. The van der Waals surface area contributed by atoms with Crippen LogP contribution in [0.5, 0.6) is 0 Å². The summed E-state index contributed by atoms with van der Waals surface area (Å²) in [6.07, 6.45) is 3.13. The van der Waals surface area contributed by atoms with Gasteiger partial charge >= 0.3 is 0 Å². The number of hydrogen-bond acceptors (Lipinski definition) is 4. The van der Waals surface area contributed by atoms with Gasteiger partial charge in [-0.15, -0.1) is 0 Å². The molecule has 6 nitrogen and oxygen atoms in total. The van der Waals surface area contributed by atoms with E-state index >= 15 is 0 Å². The predicted octanol–water partition coefficient (Wildman–Crippen LogP) is 4.49. The highest BCUT2D eigenvalue weighted by molar-refractivity contribution is 6.02. The summed E-state index contributed by atoms with van der Waals surface area (Å²) in [6, 6.07) is 23.7. The van der Waals surface area contributed by atoms with Gasteiger partial charge in [0, 0.05) is 42.7 Å². The number of nitrogens with zero attached hydrogens (tertiary/aromatic N) is 1. The second-order valence-corrected chi connectivity index (χ2v) is 10.6. The van der Waals surface area contributed by atoms with E-state index in [9.17, 15) is 14.7 Å². The number of carbonyl (C=O) groups excluding carboxylic acids is 2. The number of benzene rings is 3. The monoisotopic (exact) mass is 527 g/mol. The highest BCUT2D eigenvalue weighted by atomic mass is 16.3. The van der Waals surface area contributed by atoms with Crippen molar-refractivity contribution in [2.45, 2.75) is 64.0 Å². The minimum atomic E-state index is -0.841. The molecule has 2 amide bonds. The first kappa shape index (κ1) is 28.5. The Bertz CT molecular complexity index is 1230. The summed E-state index contributed by atoms with van der Waals surface area (Å²) in [5, 5.41) is 15.3. The lowest BCUT2D eigenvalue weighted by molar-refractivity contribution is 0.0751. The van der Waals surface area contributed by atoms with Crippen molar-refractivity contribution in [3.8, 4) is 0 Å². The molecule has 3 aromatic carbocycles. The molecule has 39 heavy (non-hydrogen) atoms. The summed E-state index contributed by atoms with van der Waals surface area (Å²) in [5.41, 5.74) is 10.8. The molecule has 6 heteroatoms. The average Bonchev–Trinajstić information content (AvgIpc) is 3.37. The van der Waals surface area contributed by atoms with E-state index in [1.54, 1.807) is 18.2 Å². The largest absolute Gasteiger partial charge is 0.391 e. The zero-order chi connectivity index (χ0) is 27.8. The Balaban J connectivity index is 1.68. The van der Waals surface area contributed by atoms with Crippen molar-refractivity contribution in [2.75, 3.05) is 19.6 Å². The van der Waals surface area contributed by atoms with Crippen molar-refractivity contribution < 1.29 is 14.7 Å². The molecule has 0 spiro atoms. The lowest BCUT2D eigenvalue weighted by atomic mass is 9.81. The Labute approximate surface area is 232 Å². The van der Waals surface area contributed by atoms with Gasteiger partial charge in [-0.1, -0.05) is 74.5 Å². The Morgan fingerprint density at radius 3 is 2.08 bits per heavy atom. The molecule has 4 rings (SSSR count). The van der Waals surface area contributed by atoms with Gasteiger partial charge in [0.25, 0.3) is 5.91 Å². The molecular formula is C33H41N3O3. The van der Waals surface area contributed by atoms with Crippen LogP contribution in [0.15, 0.2) is 72.8 Å². The van der Waals surface area contributed by atoms with Crippen LogP contribution in [0.3, 0.4) is 0 Å². The van der Waals surface area contributed by atoms with Gasteiger partial charge < -0.3 is 21.1 Å². The molecule has 0 aliphatic heterocycles. The molecule has 0 saturated heterocycles. The second kappa shape index (κ2) is 13.5. The molecule has 0 saturated carbocycles. The zero-order valence-corrected chi connectivity index (χ0v) is 23.1. The van der Waals surface area contributed by atoms with Crippen LogP contribution >= 0.6 is 0 Å². The van der Waals surface area contributed by atoms with E-state index in [1.807, 2.05) is 49.1 Å². The molecule has 3 aromatic rings. The Hall–Kier alpha value is -3.48. The number of rotatable bonds is 13. The number of primary amides is 1. The van der Waals surface area contributed by atoms with Crippen LogP contribution < -0.4 is 11.1 Å². The molecule has 2 atom stereocenters. The van der Waals surface area contributed by atoms with E-state index in [0.29, 0.717) is 42.7 Å². The highest BCUT2D eigenvalue weighted by Gasteiger charge is 2.32. The maximum absolute atomic E-state index is 13.9. The number of amides is 2. The normalized spacial score (nSPS) is 14.5. The van der Waals surface area contributed by atoms with Gasteiger partial charge in [-0.05, 0) is 66.5 Å². The third kappa shape index (κ3) is 6.94. The molecule has 0 heterocycles. The smallest absolute Gasteiger partial charge is 0.254 e. The van der Waals surface area contributed by atoms with E-state index in [-0.39, 0.29) is 11.9 Å². The lowest BCUT2D eigenvalue weighted by Gasteiger charge is -2.30. The number of hydrogen-bond donors (Lipinski definition) is 3. The van der Waals surface area contributed by atoms with Crippen LogP contribution in [0.25, 0.3) is 0 Å². The first-order valence-electron chi connectivity index (χ1n) is 14.2. The molecule has 0 bridgehead atoms. The average molecular weight is 528 g/mol. The molecule has 206 valence electrons. The van der Waals surface area contributed by atoms with Crippen molar-refractivity contribution in [1.82, 2.24) is 10.2 Å². The summed E-state index contributed by atoms with van der Waals surface area (Å²) in [4.78, 5) is 28.4. The Morgan fingerprint density at radius 2 is 1.49 bits per heavy atom. The number of aliphatic hydroxyl groups excluding tert-OH is 1. The van der Waals surface area contributed by atoms with Crippen molar-refractivity contribution in [1.29, 1.82) is 0 Å². The third-order valence-electron chi connectivity index (χ3n) is 7.68. The van der Waals surface area contributed by atoms with Crippen LogP contribution in [-0.2, 0) is 19.3 Å². The SMILES string of the molecule is CCCN(CCC)C(=O)c1cccc(C(N)=O)c1[C@H](Cc1ccccc1)[C@@H](O)CNC1Cc2ccccc2C1. The minimum absolute atomic E-state index is 0.124. The third-order valence-corrected chi connectivity index (χ3v) is 7.68. The standard InChI is InChI=1S/C33H41N3O3/c1-3-17-36(18-4-2)33(39)28-16-10-15-27(32(34)38)31(28)29(19-23-11-6-5-7-12-23)30(37)22-35-26-20-24-13-8-9-14-25(24)21-26/h5-16,26,29-30,35,37H,3-4,17-22H2,1-2H3,(H2,34,38)/t29-,30+/m1/s1. The molecule has 0 fully saturated rings. The number of fused-ring (bicyclic) bond motifs is 1. The molecule has 1 aliphatic carbocycles. The first-order valence-corrected chi connectivity index (χ1v) is 14.2. The predicted molar refractivity (Wildman–Crippen MR) is 156 cm³/mol. The van der Waals surface area contributed by atoms with Crippen LogP contribution in [-0.4, -0.2) is 53.6 Å². The second-order valence-electron chi connectivity index (χ2n) is 10.6. The number of carbonyl (C=O) groups is 2. The molecule has 0 aromatic heterocycles. The molecule has 4 N–H and O–H groups in total. The Kier molecular flexibility index (Phi) is 9.90. The quantitative estimate of drug-likeness (QED) is 0.305. The highest BCUT2D eigenvalue weighted by Crippen LogP contribution is 2.32. The van der Waals surface area contributed by atoms with E-state index in [4.69, 9.17) is 5.73 Å². The van der Waals surface area contributed by atoms with E-state index < -0.39 is 17.9 Å². The summed E-state index contributed by atoms with van der Waals surface area (Å²) < 4.78 is 0. The summed E-state index contributed by atoms with van der Waals surface area (Å²) in [5.74, 6) is -1.22. The molecule has 0 unspecified atom stereocenters. The fraction of sp³-hybridized carbons (Fsp3) is 0.394. The fourth-order valence-electron chi connectivity index (χ4n) is 5.82. The summed E-state index contributed by atoms with van der Waals surface area (Å²) >= 11 is 0. The Morgan fingerprint density at radius 1 is 0.897 bits per heavy atom. The molecular weight excluding hydrogens is 486 g/mol. The summed E-state index contributed by atoms with van der Waals surface area (Å²) in [7, 11) is 0. The van der Waals surface area contributed by atoms with Crippen molar-refractivity contribution in [2.24, 2.45) is 5.73 Å². The molecule has 0 radical (unpaired) electrons. The topological polar surface area (TPSA) is 95.7 Å².